The first-order valence-electron chi connectivity index (χ1n) is 12.4. The number of hydrogen-bond acceptors (Lipinski definition) is 6. The number of nitrogens with zero attached hydrogens (tertiary/aromatic N) is 2. The molecule has 0 saturated carbocycles. The second-order valence-corrected chi connectivity index (χ2v) is 12.5. The van der Waals surface area contributed by atoms with Crippen LogP contribution in [-0.4, -0.2) is 27.5 Å². The highest BCUT2D eigenvalue weighted by Crippen LogP contribution is 2.55. The van der Waals surface area contributed by atoms with Gasteiger partial charge in [0, 0.05) is 16.5 Å². The number of aryl methyl sites for hydroxylation is 1. The Morgan fingerprint density at radius 3 is 2.38 bits per heavy atom. The van der Waals surface area contributed by atoms with Crippen molar-refractivity contribution in [2.75, 3.05) is 10.2 Å². The molecular formula is C29H21Cl2N3O4S2. The van der Waals surface area contributed by atoms with Crippen LogP contribution in [0, 0.1) is 12.8 Å². The molecule has 6 rings (SSSR count). The predicted octanol–water partition coefficient (Wildman–Crippen LogP) is 5.96. The molecule has 0 aliphatic carbocycles. The maximum Gasteiger partial charge on any atom is 0.308 e. The third kappa shape index (κ3) is 4.56. The number of thioether (sulfide) groups is 1. The minimum absolute atomic E-state index is 0.246. The van der Waals surface area contributed by atoms with Crippen LogP contribution in [0.1, 0.15) is 21.9 Å². The summed E-state index contributed by atoms with van der Waals surface area (Å²) in [5.41, 5.74) is 2.64. The summed E-state index contributed by atoms with van der Waals surface area (Å²) in [7, 11) is 0. The SMILES string of the molecule is Cc1ccc(N2C(=O)C3Sc4c(sc(=O)n4CC(=O)Nc4ccccc4)C(c4cccc(Cl)c4Cl)C3C2=O)cc1. The van der Waals surface area contributed by atoms with Gasteiger partial charge in [-0.15, -0.1) is 0 Å². The van der Waals surface area contributed by atoms with Gasteiger partial charge in [0.1, 0.15) is 11.8 Å². The van der Waals surface area contributed by atoms with E-state index in [9.17, 15) is 19.2 Å². The fourth-order valence-electron chi connectivity index (χ4n) is 5.17. The molecule has 2 aliphatic heterocycles. The third-order valence-corrected chi connectivity index (χ3v) is 10.5. The van der Waals surface area contributed by atoms with Crippen LogP contribution < -0.4 is 15.1 Å². The minimum Gasteiger partial charge on any atom is -0.325 e. The number of imide groups is 1. The third-order valence-electron chi connectivity index (χ3n) is 7.02. The molecule has 4 aromatic rings. The zero-order valence-electron chi connectivity index (χ0n) is 21.0. The molecule has 0 spiro atoms. The fraction of sp³-hybridized carbons (Fsp3) is 0.172. The molecule has 202 valence electrons. The summed E-state index contributed by atoms with van der Waals surface area (Å²) in [6.45, 7) is 1.68. The summed E-state index contributed by atoms with van der Waals surface area (Å²) in [6, 6.07) is 21.2. The molecule has 1 fully saturated rings. The maximum atomic E-state index is 14.0. The van der Waals surface area contributed by atoms with Gasteiger partial charge in [0.2, 0.25) is 17.7 Å². The van der Waals surface area contributed by atoms with Crippen molar-refractivity contribution in [3.05, 3.63) is 109 Å². The molecule has 3 aromatic carbocycles. The van der Waals surface area contributed by atoms with E-state index in [4.69, 9.17) is 23.2 Å². The van der Waals surface area contributed by atoms with E-state index >= 15 is 0 Å². The zero-order valence-corrected chi connectivity index (χ0v) is 24.1. The Labute approximate surface area is 247 Å². The van der Waals surface area contributed by atoms with Crippen LogP contribution in [0.4, 0.5) is 11.4 Å². The Morgan fingerprint density at radius 2 is 1.65 bits per heavy atom. The normalized spacial score (nSPS) is 19.9. The molecule has 2 aliphatic rings. The highest BCUT2D eigenvalue weighted by atomic mass is 35.5. The number of fused-ring (bicyclic) bond motifs is 2. The minimum atomic E-state index is -0.821. The van der Waals surface area contributed by atoms with Gasteiger partial charge in [0.25, 0.3) is 0 Å². The number of anilines is 2. The van der Waals surface area contributed by atoms with E-state index in [1.165, 1.54) is 9.47 Å². The Hall–Kier alpha value is -3.37. The number of benzene rings is 3. The van der Waals surface area contributed by atoms with Crippen LogP contribution in [0.3, 0.4) is 0 Å². The van der Waals surface area contributed by atoms with Gasteiger partial charge in [-0.2, -0.15) is 0 Å². The van der Waals surface area contributed by atoms with E-state index in [0.717, 1.165) is 28.7 Å². The number of aromatic nitrogens is 1. The maximum absolute atomic E-state index is 14.0. The highest BCUT2D eigenvalue weighted by molar-refractivity contribution is 8.00. The van der Waals surface area contributed by atoms with E-state index in [0.29, 0.717) is 31.9 Å². The Balaban J connectivity index is 1.45. The summed E-state index contributed by atoms with van der Waals surface area (Å²) in [5, 5.41) is 3.02. The first-order valence-corrected chi connectivity index (χ1v) is 14.8. The topological polar surface area (TPSA) is 88.5 Å². The van der Waals surface area contributed by atoms with Crippen molar-refractivity contribution < 1.29 is 14.4 Å². The molecule has 3 amide bonds. The number of halogens is 2. The molecule has 0 bridgehead atoms. The van der Waals surface area contributed by atoms with Crippen LogP contribution in [0.2, 0.25) is 10.0 Å². The average molecular weight is 611 g/mol. The quantitative estimate of drug-likeness (QED) is 0.282. The lowest BCUT2D eigenvalue weighted by Crippen LogP contribution is -2.33. The number of carbonyl (C=O) groups excluding carboxylic acids is 3. The fourth-order valence-corrected chi connectivity index (χ4v) is 8.35. The van der Waals surface area contributed by atoms with Crippen molar-refractivity contribution >= 4 is 75.4 Å². The van der Waals surface area contributed by atoms with Crippen LogP contribution in [0.15, 0.2) is 82.6 Å². The van der Waals surface area contributed by atoms with E-state index in [1.807, 2.05) is 25.1 Å². The summed E-state index contributed by atoms with van der Waals surface area (Å²) in [6.07, 6.45) is 0. The summed E-state index contributed by atoms with van der Waals surface area (Å²) < 4.78 is 1.37. The van der Waals surface area contributed by atoms with Gasteiger partial charge < -0.3 is 5.32 Å². The van der Waals surface area contributed by atoms with E-state index in [1.54, 1.807) is 54.6 Å². The summed E-state index contributed by atoms with van der Waals surface area (Å²) >= 11 is 15.1. The van der Waals surface area contributed by atoms with Gasteiger partial charge in [0.15, 0.2) is 0 Å². The van der Waals surface area contributed by atoms with Gasteiger partial charge in [-0.05, 0) is 42.8 Å². The summed E-state index contributed by atoms with van der Waals surface area (Å²) in [5.74, 6) is -2.64. The number of amides is 3. The lowest BCUT2D eigenvalue weighted by atomic mass is 9.83. The average Bonchev–Trinajstić information content (AvgIpc) is 3.38. The van der Waals surface area contributed by atoms with E-state index in [-0.39, 0.29) is 34.2 Å². The van der Waals surface area contributed by atoms with Crippen molar-refractivity contribution in [3.63, 3.8) is 0 Å². The Kier molecular flexibility index (Phi) is 7.08. The second-order valence-electron chi connectivity index (χ2n) is 9.57. The molecule has 3 atom stereocenters. The van der Waals surface area contributed by atoms with Crippen molar-refractivity contribution in [2.24, 2.45) is 5.92 Å². The molecule has 3 unspecified atom stereocenters. The van der Waals surface area contributed by atoms with Gasteiger partial charge in [-0.25, -0.2) is 4.90 Å². The molecule has 1 aromatic heterocycles. The Bertz CT molecular complexity index is 1720. The number of nitrogens with one attached hydrogen (secondary N) is 1. The second kappa shape index (κ2) is 10.6. The number of hydrogen-bond donors (Lipinski definition) is 1. The molecule has 1 saturated heterocycles. The first kappa shape index (κ1) is 26.8. The van der Waals surface area contributed by atoms with Crippen molar-refractivity contribution in [2.45, 2.75) is 29.7 Å². The van der Waals surface area contributed by atoms with Crippen LogP contribution >= 0.6 is 46.3 Å². The van der Waals surface area contributed by atoms with Gasteiger partial charge in [-0.3, -0.25) is 23.7 Å². The van der Waals surface area contributed by atoms with Crippen molar-refractivity contribution in [3.8, 4) is 0 Å². The zero-order chi connectivity index (χ0) is 28.1. The van der Waals surface area contributed by atoms with Crippen molar-refractivity contribution in [1.82, 2.24) is 4.57 Å². The highest BCUT2D eigenvalue weighted by Gasteiger charge is 2.57. The number of carbonyl (C=O) groups is 3. The molecule has 40 heavy (non-hydrogen) atoms. The van der Waals surface area contributed by atoms with Crippen molar-refractivity contribution in [1.29, 1.82) is 0 Å². The van der Waals surface area contributed by atoms with Crippen LogP contribution in [0.25, 0.3) is 0 Å². The molecule has 1 N–H and O–H groups in total. The predicted molar refractivity (Wildman–Crippen MR) is 159 cm³/mol. The number of rotatable bonds is 5. The largest absolute Gasteiger partial charge is 0.325 e. The molecular weight excluding hydrogens is 589 g/mol. The smallest absolute Gasteiger partial charge is 0.308 e. The lowest BCUT2D eigenvalue weighted by Gasteiger charge is -2.31. The number of thiazole rings is 1. The number of para-hydroxylation sites is 1. The standard InChI is InChI=1S/C29H21Cl2N3O4S2/c1-15-10-12-17(13-11-15)34-26(36)22-21(18-8-5-9-19(30)23(18)31)25-28(39-24(22)27(34)37)33(29(38)40-25)14-20(35)32-16-6-3-2-4-7-16/h2-13,21-22,24H,14H2,1H3,(H,32,35). The van der Waals surface area contributed by atoms with Gasteiger partial charge in [-0.1, -0.05) is 94.3 Å². The molecule has 0 radical (unpaired) electrons. The van der Waals surface area contributed by atoms with Gasteiger partial charge in [0.05, 0.1) is 26.7 Å². The monoisotopic (exact) mass is 609 g/mol. The molecule has 11 heteroatoms. The Morgan fingerprint density at radius 1 is 0.925 bits per heavy atom. The molecule has 3 heterocycles. The van der Waals surface area contributed by atoms with E-state index in [2.05, 4.69) is 5.32 Å². The van der Waals surface area contributed by atoms with Crippen LogP contribution in [-0.2, 0) is 20.9 Å². The molecule has 7 nitrogen and oxygen atoms in total. The van der Waals surface area contributed by atoms with E-state index < -0.39 is 17.1 Å². The summed E-state index contributed by atoms with van der Waals surface area (Å²) in [4.78, 5) is 55.4. The first-order chi connectivity index (χ1) is 19.2. The lowest BCUT2D eigenvalue weighted by molar-refractivity contribution is -0.122. The van der Waals surface area contributed by atoms with Crippen LogP contribution in [0.5, 0.6) is 0 Å². The van der Waals surface area contributed by atoms with Gasteiger partial charge >= 0.3 is 4.87 Å².